The van der Waals surface area contributed by atoms with Crippen LogP contribution in [0.4, 0.5) is 11.4 Å². The van der Waals surface area contributed by atoms with E-state index in [1.807, 2.05) is 0 Å². The van der Waals surface area contributed by atoms with Crippen LogP contribution in [0.1, 0.15) is 18.4 Å². The minimum atomic E-state index is -0.712. The van der Waals surface area contributed by atoms with Gasteiger partial charge in [-0.05, 0) is 36.6 Å². The number of hydrogen-bond acceptors (Lipinski definition) is 5. The second-order valence-corrected chi connectivity index (χ2v) is 6.46. The Labute approximate surface area is 154 Å². The van der Waals surface area contributed by atoms with E-state index in [2.05, 4.69) is 5.32 Å². The minimum absolute atomic E-state index is 0.139. The van der Waals surface area contributed by atoms with Crippen molar-refractivity contribution in [1.29, 1.82) is 0 Å². The molecule has 26 heavy (non-hydrogen) atoms. The number of ether oxygens (including phenoxy) is 1. The van der Waals surface area contributed by atoms with Crippen molar-refractivity contribution in [3.8, 4) is 0 Å². The Kier molecular flexibility index (Phi) is 4.90. The molecule has 134 valence electrons. The molecule has 2 aromatic carbocycles. The van der Waals surface area contributed by atoms with Crippen molar-refractivity contribution >= 4 is 34.9 Å². The van der Waals surface area contributed by atoms with Crippen LogP contribution in [-0.4, -0.2) is 23.4 Å². The van der Waals surface area contributed by atoms with Crippen molar-refractivity contribution in [3.63, 3.8) is 0 Å². The van der Waals surface area contributed by atoms with Crippen molar-refractivity contribution in [1.82, 2.24) is 0 Å². The lowest BCUT2D eigenvalue weighted by molar-refractivity contribution is -0.384. The summed E-state index contributed by atoms with van der Waals surface area (Å²) in [5.74, 6) is -1.03. The molecule has 0 spiro atoms. The molecule has 0 unspecified atom stereocenters. The second-order valence-electron chi connectivity index (χ2n) is 6.02. The first kappa shape index (κ1) is 17.9. The van der Waals surface area contributed by atoms with E-state index in [4.69, 9.17) is 16.3 Å². The predicted octanol–water partition coefficient (Wildman–Crippen LogP) is 3.46. The van der Waals surface area contributed by atoms with Crippen molar-refractivity contribution in [3.05, 3.63) is 69.2 Å². The molecule has 0 bridgehead atoms. The first-order chi connectivity index (χ1) is 12.4. The van der Waals surface area contributed by atoms with Crippen LogP contribution < -0.4 is 5.32 Å². The van der Waals surface area contributed by atoms with Crippen LogP contribution in [0.2, 0.25) is 5.02 Å². The van der Waals surface area contributed by atoms with Gasteiger partial charge in [-0.2, -0.15) is 0 Å². The summed E-state index contributed by atoms with van der Waals surface area (Å²) < 4.78 is 5.15. The lowest BCUT2D eigenvalue weighted by Crippen LogP contribution is -2.28. The van der Waals surface area contributed by atoms with E-state index < -0.39 is 28.8 Å². The van der Waals surface area contributed by atoms with E-state index in [0.717, 1.165) is 5.56 Å². The number of halogens is 1. The van der Waals surface area contributed by atoms with Gasteiger partial charge < -0.3 is 10.1 Å². The highest BCUT2D eigenvalue weighted by Crippen LogP contribution is 2.49. The van der Waals surface area contributed by atoms with Gasteiger partial charge in [0.1, 0.15) is 0 Å². The maximum atomic E-state index is 12.4. The van der Waals surface area contributed by atoms with Gasteiger partial charge in [0, 0.05) is 22.8 Å². The lowest BCUT2D eigenvalue weighted by Gasteiger charge is -2.15. The number of nitro groups is 1. The Bertz CT molecular complexity index is 862. The van der Waals surface area contributed by atoms with Gasteiger partial charge in [-0.25, -0.2) is 0 Å². The van der Waals surface area contributed by atoms with Gasteiger partial charge in [0.25, 0.3) is 11.6 Å². The molecule has 0 heterocycles. The van der Waals surface area contributed by atoms with E-state index in [1.165, 1.54) is 24.3 Å². The maximum absolute atomic E-state index is 12.4. The SMILES string of the molecule is O=C(COC(=O)C1(c2ccc(Cl)cc2)CC1)Nc1cccc([N+](=O)[O-])c1. The standard InChI is InChI=1S/C18H15ClN2O5/c19-13-6-4-12(5-7-13)18(8-9-18)17(23)26-11-16(22)20-14-2-1-3-15(10-14)21(24)25/h1-7,10H,8-9,11H2,(H,20,22). The number of nitrogens with one attached hydrogen (secondary N) is 1. The van der Waals surface area contributed by atoms with Crippen molar-refractivity contribution < 1.29 is 19.2 Å². The molecule has 2 aromatic rings. The quantitative estimate of drug-likeness (QED) is 0.474. The summed E-state index contributed by atoms with van der Waals surface area (Å²) in [6.07, 6.45) is 1.31. The van der Waals surface area contributed by atoms with Crippen LogP contribution >= 0.6 is 11.6 Å². The molecular weight excluding hydrogens is 360 g/mol. The number of rotatable bonds is 6. The van der Waals surface area contributed by atoms with Crippen LogP contribution in [0.15, 0.2) is 48.5 Å². The number of hydrogen-bond donors (Lipinski definition) is 1. The second kappa shape index (κ2) is 7.13. The van der Waals surface area contributed by atoms with E-state index >= 15 is 0 Å². The van der Waals surface area contributed by atoms with Gasteiger partial charge in [0.05, 0.1) is 10.3 Å². The average molecular weight is 375 g/mol. The highest BCUT2D eigenvalue weighted by Gasteiger charge is 2.52. The molecule has 1 fully saturated rings. The molecule has 0 aliphatic heterocycles. The zero-order valence-corrected chi connectivity index (χ0v) is 14.4. The molecule has 1 N–H and O–H groups in total. The van der Waals surface area contributed by atoms with Gasteiger partial charge in [0.15, 0.2) is 6.61 Å². The molecule has 1 amide bonds. The number of esters is 1. The smallest absolute Gasteiger partial charge is 0.317 e. The Morgan fingerprint density at radius 2 is 1.88 bits per heavy atom. The van der Waals surface area contributed by atoms with Crippen LogP contribution in [-0.2, 0) is 19.7 Å². The summed E-state index contributed by atoms with van der Waals surface area (Å²) in [5, 5.41) is 13.8. The zero-order chi connectivity index (χ0) is 18.7. The average Bonchev–Trinajstić information content (AvgIpc) is 3.42. The van der Waals surface area contributed by atoms with E-state index in [1.54, 1.807) is 24.3 Å². The van der Waals surface area contributed by atoms with Crippen molar-refractivity contribution in [2.75, 3.05) is 11.9 Å². The fraction of sp³-hybridized carbons (Fsp3) is 0.222. The molecule has 3 rings (SSSR count). The van der Waals surface area contributed by atoms with Crippen LogP contribution in [0, 0.1) is 10.1 Å². The largest absolute Gasteiger partial charge is 0.455 e. The predicted molar refractivity (Wildman–Crippen MR) is 95.0 cm³/mol. The summed E-state index contributed by atoms with van der Waals surface area (Å²) >= 11 is 5.86. The summed E-state index contributed by atoms with van der Waals surface area (Å²) in [5.41, 5.74) is 0.223. The number of anilines is 1. The van der Waals surface area contributed by atoms with E-state index in [9.17, 15) is 19.7 Å². The number of carbonyl (C=O) groups excluding carboxylic acids is 2. The van der Waals surface area contributed by atoms with Crippen LogP contribution in [0.3, 0.4) is 0 Å². The summed E-state index contributed by atoms with van der Waals surface area (Å²) in [7, 11) is 0. The van der Waals surface area contributed by atoms with E-state index in [0.29, 0.717) is 17.9 Å². The number of benzene rings is 2. The highest BCUT2D eigenvalue weighted by molar-refractivity contribution is 6.30. The molecule has 8 heteroatoms. The number of nitro benzene ring substituents is 1. The van der Waals surface area contributed by atoms with Crippen molar-refractivity contribution in [2.24, 2.45) is 0 Å². The first-order valence-electron chi connectivity index (χ1n) is 7.88. The summed E-state index contributed by atoms with van der Waals surface area (Å²) in [6.45, 7) is -0.461. The third-order valence-corrected chi connectivity index (χ3v) is 4.46. The Hall–Kier alpha value is -2.93. The molecule has 0 saturated heterocycles. The summed E-state index contributed by atoms with van der Waals surface area (Å²) in [6, 6.07) is 12.5. The number of nitrogens with zero attached hydrogens (tertiary/aromatic N) is 1. The third kappa shape index (κ3) is 3.83. The molecule has 1 aliphatic rings. The molecule has 7 nitrogen and oxygen atoms in total. The van der Waals surface area contributed by atoms with Gasteiger partial charge in [0.2, 0.25) is 0 Å². The topological polar surface area (TPSA) is 98.5 Å². The fourth-order valence-electron chi connectivity index (χ4n) is 2.67. The third-order valence-electron chi connectivity index (χ3n) is 4.21. The number of carbonyl (C=O) groups is 2. The van der Waals surface area contributed by atoms with E-state index in [-0.39, 0.29) is 11.4 Å². The molecule has 0 atom stereocenters. The van der Waals surface area contributed by atoms with Gasteiger partial charge in [-0.1, -0.05) is 29.8 Å². The van der Waals surface area contributed by atoms with Gasteiger partial charge in [-0.3, -0.25) is 19.7 Å². The monoisotopic (exact) mass is 374 g/mol. The first-order valence-corrected chi connectivity index (χ1v) is 8.26. The molecular formula is C18H15ClN2O5. The normalized spacial score (nSPS) is 14.3. The summed E-state index contributed by atoms with van der Waals surface area (Å²) in [4.78, 5) is 34.5. The lowest BCUT2D eigenvalue weighted by atomic mass is 9.96. The Morgan fingerprint density at radius 1 is 1.19 bits per heavy atom. The van der Waals surface area contributed by atoms with Crippen LogP contribution in [0.5, 0.6) is 0 Å². The zero-order valence-electron chi connectivity index (χ0n) is 13.6. The van der Waals surface area contributed by atoms with Crippen molar-refractivity contribution in [2.45, 2.75) is 18.3 Å². The fourth-order valence-corrected chi connectivity index (χ4v) is 2.79. The Morgan fingerprint density at radius 3 is 2.50 bits per heavy atom. The Balaban J connectivity index is 1.58. The maximum Gasteiger partial charge on any atom is 0.317 e. The molecule has 1 saturated carbocycles. The number of amides is 1. The molecule has 0 radical (unpaired) electrons. The minimum Gasteiger partial charge on any atom is -0.455 e. The van der Waals surface area contributed by atoms with Crippen LogP contribution in [0.25, 0.3) is 0 Å². The molecule has 0 aromatic heterocycles. The van der Waals surface area contributed by atoms with Gasteiger partial charge >= 0.3 is 5.97 Å². The number of non-ortho nitro benzene ring substituents is 1. The highest BCUT2D eigenvalue weighted by atomic mass is 35.5. The van der Waals surface area contributed by atoms with Gasteiger partial charge in [-0.15, -0.1) is 0 Å². The molecule has 1 aliphatic carbocycles.